The molecule has 0 atom stereocenters. The monoisotopic (exact) mass is 237 g/mol. The number of aryl methyl sites for hydroxylation is 1. The van der Waals surface area contributed by atoms with Gasteiger partial charge in [-0.15, -0.1) is 0 Å². The Morgan fingerprint density at radius 2 is 1.94 bits per heavy atom. The topological polar surface area (TPSA) is 41.6 Å². The fourth-order valence-corrected chi connectivity index (χ4v) is 1.57. The van der Waals surface area contributed by atoms with Gasteiger partial charge in [-0.3, -0.25) is 5.10 Å². The summed E-state index contributed by atoms with van der Waals surface area (Å²) in [7, 11) is 0. The van der Waals surface area contributed by atoms with Crippen molar-refractivity contribution in [1.82, 2.24) is 15.2 Å². The Morgan fingerprint density at radius 1 is 1.24 bits per heavy atom. The first kappa shape index (κ1) is 11.7. The van der Waals surface area contributed by atoms with Gasteiger partial charge in [0.25, 0.3) is 0 Å². The Morgan fingerprint density at radius 3 is 2.59 bits per heavy atom. The lowest BCUT2D eigenvalue weighted by atomic mass is 10.2. The Hall–Kier alpha value is -1.78. The third-order valence-electron chi connectivity index (χ3n) is 2.49. The van der Waals surface area contributed by atoms with Crippen molar-refractivity contribution < 1.29 is 8.78 Å². The highest BCUT2D eigenvalue weighted by Gasteiger charge is 2.15. The molecule has 0 bridgehead atoms. The van der Waals surface area contributed by atoms with E-state index in [0.717, 1.165) is 19.3 Å². The second-order valence-corrected chi connectivity index (χ2v) is 3.81. The molecule has 1 heterocycles. The number of aromatic nitrogens is 3. The van der Waals surface area contributed by atoms with Crippen molar-refractivity contribution in [3.63, 3.8) is 0 Å². The summed E-state index contributed by atoms with van der Waals surface area (Å²) in [4.78, 5) is 4.09. The molecule has 5 heteroatoms. The van der Waals surface area contributed by atoms with Crippen LogP contribution in [0.4, 0.5) is 8.78 Å². The standard InChI is InChI=1S/C12H13F2N3/c1-2-3-7-10-15-12(17-16-10)11-8(13)5-4-6-9(11)14/h4-6H,2-3,7H2,1H3,(H,15,16,17). The molecule has 1 aromatic heterocycles. The summed E-state index contributed by atoms with van der Waals surface area (Å²) in [6.45, 7) is 2.06. The zero-order valence-electron chi connectivity index (χ0n) is 9.50. The highest BCUT2D eigenvalue weighted by molar-refractivity contribution is 5.56. The fraction of sp³-hybridized carbons (Fsp3) is 0.333. The number of aromatic amines is 1. The average Bonchev–Trinajstić information content (AvgIpc) is 2.75. The van der Waals surface area contributed by atoms with Gasteiger partial charge in [0.2, 0.25) is 0 Å². The van der Waals surface area contributed by atoms with Crippen LogP contribution in [0.2, 0.25) is 0 Å². The van der Waals surface area contributed by atoms with Crippen LogP contribution < -0.4 is 0 Å². The number of unbranched alkanes of at least 4 members (excludes halogenated alkanes) is 1. The number of hydrogen-bond donors (Lipinski definition) is 1. The zero-order chi connectivity index (χ0) is 12.3. The number of hydrogen-bond acceptors (Lipinski definition) is 2. The summed E-state index contributed by atoms with van der Waals surface area (Å²) < 4.78 is 26.9. The number of H-pyrrole nitrogens is 1. The Kier molecular flexibility index (Phi) is 3.46. The number of benzene rings is 1. The van der Waals surface area contributed by atoms with E-state index >= 15 is 0 Å². The van der Waals surface area contributed by atoms with Crippen molar-refractivity contribution in [2.24, 2.45) is 0 Å². The molecule has 2 aromatic rings. The molecule has 0 aliphatic heterocycles. The van der Waals surface area contributed by atoms with Crippen LogP contribution >= 0.6 is 0 Å². The van der Waals surface area contributed by atoms with E-state index in [1.165, 1.54) is 18.2 Å². The van der Waals surface area contributed by atoms with E-state index in [9.17, 15) is 8.78 Å². The molecule has 0 aliphatic carbocycles. The molecule has 0 amide bonds. The first-order chi connectivity index (χ1) is 8.22. The molecule has 3 nitrogen and oxygen atoms in total. The minimum Gasteiger partial charge on any atom is -0.263 e. The van der Waals surface area contributed by atoms with Gasteiger partial charge in [-0.1, -0.05) is 19.4 Å². The molecule has 0 unspecified atom stereocenters. The van der Waals surface area contributed by atoms with Gasteiger partial charge in [-0.25, -0.2) is 13.8 Å². The molecule has 17 heavy (non-hydrogen) atoms. The summed E-state index contributed by atoms with van der Waals surface area (Å²) >= 11 is 0. The molecular formula is C12H13F2N3. The van der Waals surface area contributed by atoms with Gasteiger partial charge in [0.15, 0.2) is 5.82 Å². The van der Waals surface area contributed by atoms with Gasteiger partial charge in [-0.05, 0) is 18.6 Å². The van der Waals surface area contributed by atoms with Crippen LogP contribution in [0, 0.1) is 11.6 Å². The van der Waals surface area contributed by atoms with Crippen LogP contribution in [0.3, 0.4) is 0 Å². The van der Waals surface area contributed by atoms with Gasteiger partial charge in [0, 0.05) is 6.42 Å². The summed E-state index contributed by atoms with van der Waals surface area (Å²) in [6.07, 6.45) is 2.73. The maximum Gasteiger partial charge on any atom is 0.187 e. The first-order valence-corrected chi connectivity index (χ1v) is 5.58. The summed E-state index contributed by atoms with van der Waals surface area (Å²) in [6, 6.07) is 3.71. The molecule has 0 aliphatic rings. The lowest BCUT2D eigenvalue weighted by Crippen LogP contribution is -1.92. The van der Waals surface area contributed by atoms with Gasteiger partial charge >= 0.3 is 0 Å². The van der Waals surface area contributed by atoms with Crippen molar-refractivity contribution in [2.75, 3.05) is 0 Å². The SMILES string of the molecule is CCCCc1nc(-c2c(F)cccc2F)n[nH]1. The number of nitrogens with zero attached hydrogens (tertiary/aromatic N) is 2. The largest absolute Gasteiger partial charge is 0.263 e. The van der Waals surface area contributed by atoms with Crippen LogP contribution in [0.1, 0.15) is 25.6 Å². The van der Waals surface area contributed by atoms with E-state index in [1.807, 2.05) is 0 Å². The number of rotatable bonds is 4. The van der Waals surface area contributed by atoms with Crippen molar-refractivity contribution >= 4 is 0 Å². The van der Waals surface area contributed by atoms with Crippen molar-refractivity contribution in [2.45, 2.75) is 26.2 Å². The van der Waals surface area contributed by atoms with Crippen LogP contribution in [0.5, 0.6) is 0 Å². The summed E-state index contributed by atoms with van der Waals surface area (Å²) in [5.41, 5.74) is -0.175. The Bertz CT molecular complexity index is 488. The van der Waals surface area contributed by atoms with Crippen molar-refractivity contribution in [3.05, 3.63) is 35.7 Å². The average molecular weight is 237 g/mol. The van der Waals surface area contributed by atoms with Crippen molar-refractivity contribution in [1.29, 1.82) is 0 Å². The number of halogens is 2. The maximum absolute atomic E-state index is 13.5. The van der Waals surface area contributed by atoms with E-state index in [2.05, 4.69) is 22.1 Å². The minimum atomic E-state index is -0.647. The first-order valence-electron chi connectivity index (χ1n) is 5.58. The van der Waals surface area contributed by atoms with Crippen LogP contribution in [-0.2, 0) is 6.42 Å². The lowest BCUT2D eigenvalue weighted by molar-refractivity contribution is 0.587. The normalized spacial score (nSPS) is 10.8. The molecule has 0 radical (unpaired) electrons. The highest BCUT2D eigenvalue weighted by atomic mass is 19.1. The second-order valence-electron chi connectivity index (χ2n) is 3.81. The van der Waals surface area contributed by atoms with E-state index in [-0.39, 0.29) is 11.4 Å². The van der Waals surface area contributed by atoms with E-state index in [4.69, 9.17) is 0 Å². The van der Waals surface area contributed by atoms with Crippen LogP contribution in [0.15, 0.2) is 18.2 Å². The molecular weight excluding hydrogens is 224 g/mol. The molecule has 0 fully saturated rings. The van der Waals surface area contributed by atoms with Crippen LogP contribution in [-0.4, -0.2) is 15.2 Å². The highest BCUT2D eigenvalue weighted by Crippen LogP contribution is 2.22. The van der Waals surface area contributed by atoms with E-state index < -0.39 is 11.6 Å². The molecule has 1 N–H and O–H groups in total. The van der Waals surface area contributed by atoms with E-state index in [1.54, 1.807) is 0 Å². The van der Waals surface area contributed by atoms with Gasteiger partial charge in [-0.2, -0.15) is 5.10 Å². The van der Waals surface area contributed by atoms with Crippen molar-refractivity contribution in [3.8, 4) is 11.4 Å². The summed E-state index contributed by atoms with van der Waals surface area (Å²) in [5.74, 6) is -0.562. The molecule has 2 rings (SSSR count). The second kappa shape index (κ2) is 5.03. The molecule has 0 saturated carbocycles. The fourth-order valence-electron chi connectivity index (χ4n) is 1.57. The predicted octanol–water partition coefficient (Wildman–Crippen LogP) is 3.09. The van der Waals surface area contributed by atoms with Gasteiger partial charge in [0.05, 0.1) is 5.56 Å². The molecule has 0 spiro atoms. The lowest BCUT2D eigenvalue weighted by Gasteiger charge is -1.98. The maximum atomic E-state index is 13.5. The quantitative estimate of drug-likeness (QED) is 0.887. The molecule has 1 aromatic carbocycles. The third kappa shape index (κ3) is 2.49. The predicted molar refractivity (Wildman–Crippen MR) is 60.3 cm³/mol. The van der Waals surface area contributed by atoms with Gasteiger partial charge < -0.3 is 0 Å². The Labute approximate surface area is 97.9 Å². The molecule has 0 saturated heterocycles. The zero-order valence-corrected chi connectivity index (χ0v) is 9.50. The van der Waals surface area contributed by atoms with Crippen LogP contribution in [0.25, 0.3) is 11.4 Å². The number of nitrogens with one attached hydrogen (secondary N) is 1. The van der Waals surface area contributed by atoms with E-state index in [0.29, 0.717) is 5.82 Å². The van der Waals surface area contributed by atoms with Gasteiger partial charge in [0.1, 0.15) is 17.5 Å². The molecule has 90 valence electrons. The summed E-state index contributed by atoms with van der Waals surface area (Å²) in [5, 5.41) is 6.54. The Balaban J connectivity index is 2.30. The smallest absolute Gasteiger partial charge is 0.187 e. The third-order valence-corrected chi connectivity index (χ3v) is 2.49. The minimum absolute atomic E-state index is 0.0757.